The molecular formula is C17H18N2O2. The van der Waals surface area contributed by atoms with Crippen molar-refractivity contribution in [1.29, 1.82) is 0 Å². The van der Waals surface area contributed by atoms with E-state index in [0.717, 1.165) is 5.56 Å². The summed E-state index contributed by atoms with van der Waals surface area (Å²) < 4.78 is 5.79. The Bertz CT molecular complexity index is 628. The average molecular weight is 282 g/mol. The number of ether oxygens (including phenoxy) is 1. The SMILES string of the molecule is Nc1cccc(C(=O)N2CCOC(c3ccccc3)C2)c1. The van der Waals surface area contributed by atoms with Crippen molar-refractivity contribution in [3.63, 3.8) is 0 Å². The summed E-state index contributed by atoms with van der Waals surface area (Å²) in [6, 6.07) is 17.1. The third-order valence-electron chi connectivity index (χ3n) is 3.66. The van der Waals surface area contributed by atoms with Crippen LogP contribution in [0, 0.1) is 0 Å². The summed E-state index contributed by atoms with van der Waals surface area (Å²) in [5, 5.41) is 0. The van der Waals surface area contributed by atoms with Gasteiger partial charge in [-0.15, -0.1) is 0 Å². The molecule has 1 heterocycles. The number of nitrogens with zero attached hydrogens (tertiary/aromatic N) is 1. The summed E-state index contributed by atoms with van der Waals surface area (Å²) in [5.41, 5.74) is 8.08. The van der Waals surface area contributed by atoms with Gasteiger partial charge in [0.2, 0.25) is 0 Å². The van der Waals surface area contributed by atoms with Crippen molar-refractivity contribution in [3.8, 4) is 0 Å². The highest BCUT2D eigenvalue weighted by Gasteiger charge is 2.25. The number of carbonyl (C=O) groups is 1. The molecule has 0 aliphatic carbocycles. The topological polar surface area (TPSA) is 55.6 Å². The van der Waals surface area contributed by atoms with Gasteiger partial charge in [0.1, 0.15) is 6.10 Å². The van der Waals surface area contributed by atoms with Crippen LogP contribution in [-0.2, 0) is 4.74 Å². The maximum Gasteiger partial charge on any atom is 0.254 e. The zero-order valence-corrected chi connectivity index (χ0v) is 11.7. The molecule has 1 aliphatic rings. The quantitative estimate of drug-likeness (QED) is 0.861. The molecule has 0 bridgehead atoms. The van der Waals surface area contributed by atoms with Gasteiger partial charge in [-0.1, -0.05) is 36.4 Å². The Labute approximate surface area is 124 Å². The lowest BCUT2D eigenvalue weighted by Crippen LogP contribution is -2.42. The third-order valence-corrected chi connectivity index (χ3v) is 3.66. The van der Waals surface area contributed by atoms with Crippen LogP contribution in [0.1, 0.15) is 22.0 Å². The lowest BCUT2D eigenvalue weighted by atomic mass is 10.1. The molecule has 0 saturated carbocycles. The van der Waals surface area contributed by atoms with Crippen LogP contribution in [-0.4, -0.2) is 30.5 Å². The molecule has 2 N–H and O–H groups in total. The standard InChI is InChI=1S/C17H18N2O2/c18-15-8-4-7-14(11-15)17(20)19-9-10-21-16(12-19)13-5-2-1-3-6-13/h1-8,11,16H,9-10,12,18H2. The molecule has 0 aromatic heterocycles. The summed E-state index contributed by atoms with van der Waals surface area (Å²) in [6.45, 7) is 1.72. The van der Waals surface area contributed by atoms with Crippen LogP contribution < -0.4 is 5.73 Å². The first-order chi connectivity index (χ1) is 10.2. The first-order valence-corrected chi connectivity index (χ1v) is 7.05. The van der Waals surface area contributed by atoms with Crippen LogP contribution in [0.15, 0.2) is 54.6 Å². The molecule has 21 heavy (non-hydrogen) atoms. The van der Waals surface area contributed by atoms with E-state index in [1.54, 1.807) is 24.3 Å². The van der Waals surface area contributed by atoms with Gasteiger partial charge in [-0.25, -0.2) is 0 Å². The molecule has 1 amide bonds. The first kappa shape index (κ1) is 13.6. The monoisotopic (exact) mass is 282 g/mol. The Morgan fingerprint density at radius 3 is 2.71 bits per heavy atom. The zero-order chi connectivity index (χ0) is 14.7. The van der Waals surface area contributed by atoms with Crippen LogP contribution in [0.4, 0.5) is 5.69 Å². The average Bonchev–Trinajstić information content (AvgIpc) is 2.55. The minimum absolute atomic E-state index is 0.00605. The molecular weight excluding hydrogens is 264 g/mol. The Morgan fingerprint density at radius 2 is 1.95 bits per heavy atom. The molecule has 0 radical (unpaired) electrons. The second kappa shape index (κ2) is 5.97. The molecule has 1 saturated heterocycles. The smallest absolute Gasteiger partial charge is 0.254 e. The lowest BCUT2D eigenvalue weighted by Gasteiger charge is -2.33. The Balaban J connectivity index is 1.75. The van der Waals surface area contributed by atoms with Crippen molar-refractivity contribution in [2.75, 3.05) is 25.4 Å². The van der Waals surface area contributed by atoms with Crippen LogP contribution in [0.5, 0.6) is 0 Å². The fourth-order valence-corrected chi connectivity index (χ4v) is 2.56. The van der Waals surface area contributed by atoms with E-state index in [-0.39, 0.29) is 12.0 Å². The number of carbonyl (C=O) groups excluding carboxylic acids is 1. The molecule has 1 atom stereocenters. The van der Waals surface area contributed by atoms with E-state index in [1.807, 2.05) is 35.2 Å². The van der Waals surface area contributed by atoms with Crippen molar-refractivity contribution in [2.24, 2.45) is 0 Å². The van der Waals surface area contributed by atoms with Crippen molar-refractivity contribution >= 4 is 11.6 Å². The van der Waals surface area contributed by atoms with Gasteiger partial charge < -0.3 is 15.4 Å². The molecule has 3 rings (SSSR count). The van der Waals surface area contributed by atoms with E-state index in [0.29, 0.717) is 30.9 Å². The van der Waals surface area contributed by atoms with Crippen molar-refractivity contribution < 1.29 is 9.53 Å². The summed E-state index contributed by atoms with van der Waals surface area (Å²) in [7, 11) is 0. The maximum absolute atomic E-state index is 12.5. The van der Waals surface area contributed by atoms with E-state index < -0.39 is 0 Å². The molecule has 2 aromatic rings. The van der Waals surface area contributed by atoms with Gasteiger partial charge >= 0.3 is 0 Å². The fourth-order valence-electron chi connectivity index (χ4n) is 2.56. The molecule has 4 heteroatoms. The highest BCUT2D eigenvalue weighted by Crippen LogP contribution is 2.23. The highest BCUT2D eigenvalue weighted by atomic mass is 16.5. The van der Waals surface area contributed by atoms with Gasteiger partial charge in [0.15, 0.2) is 0 Å². The van der Waals surface area contributed by atoms with Gasteiger partial charge in [-0.05, 0) is 23.8 Å². The second-order valence-electron chi connectivity index (χ2n) is 5.15. The van der Waals surface area contributed by atoms with Crippen molar-refractivity contribution in [3.05, 3.63) is 65.7 Å². The number of hydrogen-bond donors (Lipinski definition) is 1. The van der Waals surface area contributed by atoms with Gasteiger partial charge in [0, 0.05) is 17.8 Å². The van der Waals surface area contributed by atoms with Crippen LogP contribution in [0.2, 0.25) is 0 Å². The summed E-state index contributed by atoms with van der Waals surface area (Å²) in [4.78, 5) is 14.4. The van der Waals surface area contributed by atoms with E-state index in [2.05, 4.69) is 0 Å². The lowest BCUT2D eigenvalue weighted by molar-refractivity contribution is -0.0228. The number of rotatable bonds is 2. The Morgan fingerprint density at radius 1 is 1.14 bits per heavy atom. The number of nitrogen functional groups attached to an aromatic ring is 1. The van der Waals surface area contributed by atoms with Crippen LogP contribution in [0.3, 0.4) is 0 Å². The number of anilines is 1. The number of hydrogen-bond acceptors (Lipinski definition) is 3. The van der Waals surface area contributed by atoms with Crippen molar-refractivity contribution in [2.45, 2.75) is 6.10 Å². The number of nitrogens with two attached hydrogens (primary N) is 1. The molecule has 1 unspecified atom stereocenters. The molecule has 1 fully saturated rings. The zero-order valence-electron chi connectivity index (χ0n) is 11.7. The predicted molar refractivity (Wildman–Crippen MR) is 81.9 cm³/mol. The Kier molecular flexibility index (Phi) is 3.88. The number of benzene rings is 2. The minimum Gasteiger partial charge on any atom is -0.399 e. The van der Waals surface area contributed by atoms with Gasteiger partial charge in [0.05, 0.1) is 13.2 Å². The minimum atomic E-state index is -0.0649. The van der Waals surface area contributed by atoms with Crippen LogP contribution >= 0.6 is 0 Å². The maximum atomic E-state index is 12.5. The normalized spacial score (nSPS) is 18.5. The molecule has 108 valence electrons. The predicted octanol–water partition coefficient (Wildman–Crippen LogP) is 2.48. The van der Waals surface area contributed by atoms with E-state index in [9.17, 15) is 4.79 Å². The molecule has 1 aliphatic heterocycles. The number of morpholine rings is 1. The van der Waals surface area contributed by atoms with E-state index in [1.165, 1.54) is 0 Å². The molecule has 0 spiro atoms. The van der Waals surface area contributed by atoms with Gasteiger partial charge in [-0.3, -0.25) is 4.79 Å². The largest absolute Gasteiger partial charge is 0.399 e. The number of amides is 1. The van der Waals surface area contributed by atoms with Crippen LogP contribution in [0.25, 0.3) is 0 Å². The summed E-state index contributed by atoms with van der Waals surface area (Å²) >= 11 is 0. The second-order valence-corrected chi connectivity index (χ2v) is 5.15. The summed E-state index contributed by atoms with van der Waals surface area (Å²) in [6.07, 6.45) is -0.0649. The molecule has 4 nitrogen and oxygen atoms in total. The first-order valence-electron chi connectivity index (χ1n) is 7.05. The van der Waals surface area contributed by atoms with Gasteiger partial charge in [0.25, 0.3) is 5.91 Å². The third kappa shape index (κ3) is 3.06. The fraction of sp³-hybridized carbons (Fsp3) is 0.235. The Hall–Kier alpha value is -2.33. The highest BCUT2D eigenvalue weighted by molar-refractivity contribution is 5.95. The summed E-state index contributed by atoms with van der Waals surface area (Å²) in [5.74, 6) is 0.00605. The van der Waals surface area contributed by atoms with Crippen molar-refractivity contribution in [1.82, 2.24) is 4.90 Å². The van der Waals surface area contributed by atoms with Gasteiger partial charge in [-0.2, -0.15) is 0 Å². The van der Waals surface area contributed by atoms with E-state index in [4.69, 9.17) is 10.5 Å². The molecule has 2 aromatic carbocycles. The van der Waals surface area contributed by atoms with E-state index >= 15 is 0 Å².